The van der Waals surface area contributed by atoms with Gasteiger partial charge in [0.15, 0.2) is 0 Å². The predicted octanol–water partition coefficient (Wildman–Crippen LogP) is 1.88. The van der Waals surface area contributed by atoms with Crippen molar-refractivity contribution in [3.05, 3.63) is 64.2 Å². The Labute approximate surface area is 158 Å². The molecule has 0 saturated carbocycles. The second kappa shape index (κ2) is 7.75. The monoisotopic (exact) mass is 393 g/mol. The molecular formula is C18H20ClN3O3S. The van der Waals surface area contributed by atoms with Gasteiger partial charge in [0.05, 0.1) is 11.4 Å². The highest BCUT2D eigenvalue weighted by Gasteiger charge is 2.22. The first-order chi connectivity index (χ1) is 12.4. The topological polar surface area (TPSA) is 78.5 Å². The fraction of sp³-hybridized carbons (Fsp3) is 0.278. The number of sulfonamides is 1. The molecule has 2 aromatic carbocycles. The van der Waals surface area contributed by atoms with Crippen LogP contribution in [0.3, 0.4) is 0 Å². The Morgan fingerprint density at radius 3 is 2.58 bits per heavy atom. The molecule has 8 heteroatoms. The zero-order valence-electron chi connectivity index (χ0n) is 14.3. The molecule has 0 radical (unpaired) electrons. The fourth-order valence-electron chi connectivity index (χ4n) is 2.79. The molecule has 0 bridgehead atoms. The standard InChI is InChI=1S/C18H20ClN3O3S/c1-22(26(24,25)17-6-4-16(19)5-7-17)12-18(23)21-9-13-2-3-14-10-20-11-15(14)8-13/h2-8,20H,9-12H2,1H3,(H,21,23). The highest BCUT2D eigenvalue weighted by atomic mass is 35.5. The summed E-state index contributed by atoms with van der Waals surface area (Å²) in [5, 5.41) is 6.49. The molecule has 2 aromatic rings. The van der Waals surface area contributed by atoms with Crippen LogP contribution in [0.15, 0.2) is 47.4 Å². The van der Waals surface area contributed by atoms with Gasteiger partial charge in [0.2, 0.25) is 15.9 Å². The van der Waals surface area contributed by atoms with Crippen molar-refractivity contribution in [1.82, 2.24) is 14.9 Å². The average molecular weight is 394 g/mol. The van der Waals surface area contributed by atoms with Gasteiger partial charge in [0, 0.05) is 31.7 Å². The lowest BCUT2D eigenvalue weighted by Gasteiger charge is -2.17. The molecule has 0 spiro atoms. The summed E-state index contributed by atoms with van der Waals surface area (Å²) in [6.07, 6.45) is 0. The Hall–Kier alpha value is -1.93. The summed E-state index contributed by atoms with van der Waals surface area (Å²) in [6, 6.07) is 11.9. The van der Waals surface area contributed by atoms with E-state index in [-0.39, 0.29) is 17.3 Å². The van der Waals surface area contributed by atoms with Gasteiger partial charge in [-0.05, 0) is 41.0 Å². The van der Waals surface area contributed by atoms with Gasteiger partial charge in [-0.3, -0.25) is 4.79 Å². The lowest BCUT2D eigenvalue weighted by molar-refractivity contribution is -0.121. The minimum Gasteiger partial charge on any atom is -0.351 e. The molecule has 0 aliphatic carbocycles. The Morgan fingerprint density at radius 2 is 1.85 bits per heavy atom. The van der Waals surface area contributed by atoms with E-state index in [0.29, 0.717) is 11.6 Å². The van der Waals surface area contributed by atoms with Crippen LogP contribution in [0.2, 0.25) is 5.02 Å². The summed E-state index contributed by atoms with van der Waals surface area (Å²) in [5.41, 5.74) is 3.50. The van der Waals surface area contributed by atoms with Crippen molar-refractivity contribution in [2.45, 2.75) is 24.5 Å². The maximum atomic E-state index is 12.5. The van der Waals surface area contributed by atoms with Gasteiger partial charge in [0.25, 0.3) is 0 Å². The molecule has 3 rings (SSSR count). The minimum absolute atomic E-state index is 0.100. The molecule has 26 heavy (non-hydrogen) atoms. The third-order valence-corrected chi connectivity index (χ3v) is 6.35. The van der Waals surface area contributed by atoms with Crippen LogP contribution in [-0.4, -0.2) is 32.2 Å². The molecule has 0 aromatic heterocycles. The van der Waals surface area contributed by atoms with E-state index >= 15 is 0 Å². The van der Waals surface area contributed by atoms with Crippen LogP contribution < -0.4 is 10.6 Å². The first-order valence-electron chi connectivity index (χ1n) is 8.16. The van der Waals surface area contributed by atoms with Crippen molar-refractivity contribution in [2.24, 2.45) is 0 Å². The molecule has 1 aliphatic heterocycles. The second-order valence-corrected chi connectivity index (χ2v) is 8.68. The summed E-state index contributed by atoms with van der Waals surface area (Å²) in [5.74, 6) is -0.358. The molecule has 6 nitrogen and oxygen atoms in total. The van der Waals surface area contributed by atoms with E-state index in [4.69, 9.17) is 11.6 Å². The number of hydrogen-bond acceptors (Lipinski definition) is 4. The molecule has 1 amide bonds. The third-order valence-electron chi connectivity index (χ3n) is 4.28. The number of nitrogens with one attached hydrogen (secondary N) is 2. The summed E-state index contributed by atoms with van der Waals surface area (Å²) >= 11 is 5.78. The number of amides is 1. The van der Waals surface area contributed by atoms with Gasteiger partial charge in [-0.1, -0.05) is 29.8 Å². The number of carbonyl (C=O) groups is 1. The first kappa shape index (κ1) is 18.8. The van der Waals surface area contributed by atoms with E-state index in [2.05, 4.69) is 16.7 Å². The van der Waals surface area contributed by atoms with Crippen LogP contribution >= 0.6 is 11.6 Å². The molecule has 0 unspecified atom stereocenters. The van der Waals surface area contributed by atoms with E-state index in [0.717, 1.165) is 23.0 Å². The van der Waals surface area contributed by atoms with Crippen LogP contribution in [0.25, 0.3) is 0 Å². The fourth-order valence-corrected chi connectivity index (χ4v) is 4.04. The van der Waals surface area contributed by atoms with Crippen molar-refractivity contribution in [1.29, 1.82) is 0 Å². The molecule has 2 N–H and O–H groups in total. The largest absolute Gasteiger partial charge is 0.351 e. The molecule has 0 fully saturated rings. The van der Waals surface area contributed by atoms with Gasteiger partial charge < -0.3 is 10.6 Å². The molecular weight excluding hydrogens is 374 g/mol. The normalized spacial score (nSPS) is 13.7. The van der Waals surface area contributed by atoms with Gasteiger partial charge >= 0.3 is 0 Å². The zero-order chi connectivity index (χ0) is 18.7. The van der Waals surface area contributed by atoms with Crippen LogP contribution in [-0.2, 0) is 34.5 Å². The lowest BCUT2D eigenvalue weighted by atomic mass is 10.1. The highest BCUT2D eigenvalue weighted by Crippen LogP contribution is 2.18. The molecule has 0 saturated heterocycles. The summed E-state index contributed by atoms with van der Waals surface area (Å²) in [7, 11) is -2.36. The number of hydrogen-bond donors (Lipinski definition) is 2. The third kappa shape index (κ3) is 4.24. The van der Waals surface area contributed by atoms with E-state index in [1.54, 1.807) is 0 Å². The Bertz CT molecular complexity index is 914. The van der Waals surface area contributed by atoms with Crippen molar-refractivity contribution >= 4 is 27.5 Å². The number of halogens is 1. The second-order valence-electron chi connectivity index (χ2n) is 6.20. The van der Waals surface area contributed by atoms with Crippen molar-refractivity contribution < 1.29 is 13.2 Å². The summed E-state index contributed by atoms with van der Waals surface area (Å²) in [6.45, 7) is 1.81. The average Bonchev–Trinajstić information content (AvgIpc) is 3.08. The number of likely N-dealkylation sites (N-methyl/N-ethyl adjacent to an activating group) is 1. The maximum absolute atomic E-state index is 12.5. The predicted molar refractivity (Wildman–Crippen MR) is 100 cm³/mol. The zero-order valence-corrected chi connectivity index (χ0v) is 15.9. The van der Waals surface area contributed by atoms with Crippen LogP contribution in [0, 0.1) is 0 Å². The molecule has 1 heterocycles. The maximum Gasteiger partial charge on any atom is 0.243 e. The summed E-state index contributed by atoms with van der Waals surface area (Å²) < 4.78 is 26.0. The minimum atomic E-state index is -3.74. The molecule has 0 atom stereocenters. The van der Waals surface area contributed by atoms with Gasteiger partial charge in [-0.15, -0.1) is 0 Å². The van der Waals surface area contributed by atoms with Crippen LogP contribution in [0.5, 0.6) is 0 Å². The Balaban J connectivity index is 1.58. The van der Waals surface area contributed by atoms with Crippen LogP contribution in [0.4, 0.5) is 0 Å². The summed E-state index contributed by atoms with van der Waals surface area (Å²) in [4.78, 5) is 12.2. The van der Waals surface area contributed by atoms with E-state index in [1.807, 2.05) is 12.1 Å². The van der Waals surface area contributed by atoms with Gasteiger partial charge in [-0.2, -0.15) is 4.31 Å². The number of nitrogens with zero attached hydrogens (tertiary/aromatic N) is 1. The number of carbonyl (C=O) groups excluding carboxylic acids is 1. The van der Waals surface area contributed by atoms with Gasteiger partial charge in [-0.25, -0.2) is 8.42 Å². The Morgan fingerprint density at radius 1 is 1.15 bits per heavy atom. The number of rotatable bonds is 6. The van der Waals surface area contributed by atoms with Crippen LogP contribution in [0.1, 0.15) is 16.7 Å². The smallest absolute Gasteiger partial charge is 0.243 e. The van der Waals surface area contributed by atoms with Crippen molar-refractivity contribution in [2.75, 3.05) is 13.6 Å². The highest BCUT2D eigenvalue weighted by molar-refractivity contribution is 7.89. The Kier molecular flexibility index (Phi) is 5.62. The van der Waals surface area contributed by atoms with E-state index in [1.165, 1.54) is 42.4 Å². The van der Waals surface area contributed by atoms with Crippen molar-refractivity contribution in [3.63, 3.8) is 0 Å². The van der Waals surface area contributed by atoms with Gasteiger partial charge in [0.1, 0.15) is 0 Å². The number of benzene rings is 2. The molecule has 138 valence electrons. The lowest BCUT2D eigenvalue weighted by Crippen LogP contribution is -2.38. The van der Waals surface area contributed by atoms with Crippen molar-refractivity contribution in [3.8, 4) is 0 Å². The quantitative estimate of drug-likeness (QED) is 0.785. The van der Waals surface area contributed by atoms with E-state index in [9.17, 15) is 13.2 Å². The van der Waals surface area contributed by atoms with E-state index < -0.39 is 10.0 Å². The molecule has 1 aliphatic rings. The SMILES string of the molecule is CN(CC(=O)NCc1ccc2c(c1)CNC2)S(=O)(=O)c1ccc(Cl)cc1. The first-order valence-corrected chi connectivity index (χ1v) is 9.98. The number of fused-ring (bicyclic) bond motifs is 1.